The molecule has 0 aromatic carbocycles. The second-order valence-corrected chi connectivity index (χ2v) is 9.10. The first-order chi connectivity index (χ1) is 16.0. The lowest BCUT2D eigenvalue weighted by Gasteiger charge is -2.29. The molecule has 0 spiro atoms. The molecule has 1 rings (SSSR count). The van der Waals surface area contributed by atoms with Gasteiger partial charge in [0.15, 0.2) is 0 Å². The van der Waals surface area contributed by atoms with Gasteiger partial charge in [-0.2, -0.15) is 0 Å². The molecule has 3 amide bonds. The molecule has 0 aliphatic carbocycles. The van der Waals surface area contributed by atoms with Gasteiger partial charge in [0.25, 0.3) is 0 Å². The fourth-order valence-electron chi connectivity index (χ4n) is 3.91. The summed E-state index contributed by atoms with van der Waals surface area (Å²) in [6, 6.07) is -3.93. The molecule has 194 valence electrons. The van der Waals surface area contributed by atoms with Crippen LogP contribution in [0.2, 0.25) is 0 Å². The van der Waals surface area contributed by atoms with Crippen molar-refractivity contribution in [3.63, 3.8) is 0 Å². The Morgan fingerprint density at radius 1 is 1.03 bits per heavy atom. The van der Waals surface area contributed by atoms with E-state index in [0.29, 0.717) is 38.8 Å². The number of aliphatic carboxylic acids is 2. The number of nitrogens with zero attached hydrogens (tertiary/aromatic N) is 1. The fraction of sp³-hybridized carbons (Fsp3) is 0.773. The first-order valence-electron chi connectivity index (χ1n) is 11.8. The predicted octanol–water partition coefficient (Wildman–Crippen LogP) is -0.601. The van der Waals surface area contributed by atoms with Gasteiger partial charge in [-0.25, -0.2) is 4.79 Å². The minimum absolute atomic E-state index is 0.0299. The summed E-state index contributed by atoms with van der Waals surface area (Å²) in [6.45, 7) is 4.47. The topological polar surface area (TPSA) is 205 Å². The van der Waals surface area contributed by atoms with E-state index in [2.05, 4.69) is 10.6 Å². The van der Waals surface area contributed by atoms with Crippen LogP contribution in [0.1, 0.15) is 65.2 Å². The number of carboxylic acid groups (broad SMARTS) is 2. The van der Waals surface area contributed by atoms with Crippen molar-refractivity contribution in [3.8, 4) is 0 Å². The van der Waals surface area contributed by atoms with Crippen molar-refractivity contribution in [1.82, 2.24) is 15.5 Å². The molecule has 0 radical (unpaired) electrons. The average molecular weight is 486 g/mol. The van der Waals surface area contributed by atoms with Gasteiger partial charge in [0, 0.05) is 13.0 Å². The van der Waals surface area contributed by atoms with Gasteiger partial charge in [-0.1, -0.05) is 13.8 Å². The Kier molecular flexibility index (Phi) is 12.5. The summed E-state index contributed by atoms with van der Waals surface area (Å²) in [6.07, 6.45) is 2.32. The van der Waals surface area contributed by atoms with Crippen LogP contribution in [-0.2, 0) is 24.0 Å². The van der Waals surface area contributed by atoms with E-state index in [9.17, 15) is 29.1 Å². The molecule has 8 N–H and O–H groups in total. The smallest absolute Gasteiger partial charge is 0.326 e. The molecule has 34 heavy (non-hydrogen) atoms. The number of nitrogens with two attached hydrogens (primary N) is 2. The Balaban J connectivity index is 2.86. The summed E-state index contributed by atoms with van der Waals surface area (Å²) in [7, 11) is 0. The summed E-state index contributed by atoms with van der Waals surface area (Å²) in [5.74, 6) is -3.83. The maximum Gasteiger partial charge on any atom is 0.326 e. The molecule has 12 heteroatoms. The van der Waals surface area contributed by atoms with Crippen LogP contribution in [0.4, 0.5) is 0 Å². The second kappa shape index (κ2) is 14.5. The Morgan fingerprint density at radius 3 is 2.26 bits per heavy atom. The molecular formula is C22H39N5O7. The number of carboxylic acids is 2. The van der Waals surface area contributed by atoms with E-state index in [1.807, 2.05) is 13.8 Å². The molecule has 0 bridgehead atoms. The average Bonchev–Trinajstić information content (AvgIpc) is 3.25. The number of likely N-dealkylation sites (tertiary alicyclic amines) is 1. The van der Waals surface area contributed by atoms with Gasteiger partial charge in [0.2, 0.25) is 17.7 Å². The fourth-order valence-corrected chi connectivity index (χ4v) is 3.91. The van der Waals surface area contributed by atoms with E-state index in [0.717, 1.165) is 0 Å². The number of nitrogens with one attached hydrogen (secondary N) is 2. The highest BCUT2D eigenvalue weighted by Gasteiger charge is 2.38. The molecule has 4 unspecified atom stereocenters. The number of rotatable bonds is 15. The van der Waals surface area contributed by atoms with Crippen LogP contribution < -0.4 is 22.1 Å². The molecule has 4 atom stereocenters. The number of carbonyl (C=O) groups is 5. The molecule has 1 aliphatic heterocycles. The third kappa shape index (κ3) is 9.64. The largest absolute Gasteiger partial charge is 0.481 e. The summed E-state index contributed by atoms with van der Waals surface area (Å²) >= 11 is 0. The van der Waals surface area contributed by atoms with Crippen molar-refractivity contribution in [1.29, 1.82) is 0 Å². The maximum atomic E-state index is 13.0. The van der Waals surface area contributed by atoms with E-state index in [-0.39, 0.29) is 31.6 Å². The Morgan fingerprint density at radius 2 is 1.71 bits per heavy atom. The standard InChI is InChI=1S/C22H39N5O7/c1-13(2)12-16(19(30)25-15(22(33)34)6-3-4-10-23)26-20(31)17-7-5-11-27(17)21(32)14(24)8-9-18(28)29/h13-17H,3-12,23-24H2,1-2H3,(H,25,30)(H,26,31)(H,28,29)(H,33,34). The molecule has 1 heterocycles. The van der Waals surface area contributed by atoms with Crippen molar-refractivity contribution in [2.75, 3.05) is 13.1 Å². The zero-order chi connectivity index (χ0) is 25.8. The molecule has 1 aliphatic rings. The first-order valence-corrected chi connectivity index (χ1v) is 11.8. The summed E-state index contributed by atoms with van der Waals surface area (Å²) in [5, 5.41) is 23.4. The number of carbonyl (C=O) groups excluding carboxylic acids is 3. The quantitative estimate of drug-likeness (QED) is 0.163. The molecule has 0 saturated carbocycles. The van der Waals surface area contributed by atoms with Gasteiger partial charge < -0.3 is 37.2 Å². The Bertz CT molecular complexity index is 730. The van der Waals surface area contributed by atoms with Crippen LogP contribution in [-0.4, -0.2) is 82.0 Å². The molecule has 12 nitrogen and oxygen atoms in total. The van der Waals surface area contributed by atoms with Crippen molar-refractivity contribution in [3.05, 3.63) is 0 Å². The highest BCUT2D eigenvalue weighted by molar-refractivity contribution is 5.94. The second-order valence-electron chi connectivity index (χ2n) is 9.10. The summed E-state index contributed by atoms with van der Waals surface area (Å²) in [4.78, 5) is 62.2. The third-order valence-electron chi connectivity index (χ3n) is 5.73. The summed E-state index contributed by atoms with van der Waals surface area (Å²) in [5.41, 5.74) is 11.3. The minimum atomic E-state index is -1.16. The zero-order valence-electron chi connectivity index (χ0n) is 20.0. The first kappa shape index (κ1) is 29.3. The van der Waals surface area contributed by atoms with Crippen LogP contribution in [0.3, 0.4) is 0 Å². The lowest BCUT2D eigenvalue weighted by Crippen LogP contribution is -2.56. The molecular weight excluding hydrogens is 446 g/mol. The van der Waals surface area contributed by atoms with E-state index < -0.39 is 53.8 Å². The van der Waals surface area contributed by atoms with Crippen LogP contribution in [0.5, 0.6) is 0 Å². The van der Waals surface area contributed by atoms with Gasteiger partial charge in [-0.15, -0.1) is 0 Å². The Hall–Kier alpha value is -2.73. The van der Waals surface area contributed by atoms with Gasteiger partial charge >= 0.3 is 11.9 Å². The molecule has 1 saturated heterocycles. The van der Waals surface area contributed by atoms with E-state index in [1.54, 1.807) is 0 Å². The number of amides is 3. The minimum Gasteiger partial charge on any atom is -0.481 e. The van der Waals surface area contributed by atoms with Crippen LogP contribution >= 0.6 is 0 Å². The van der Waals surface area contributed by atoms with Gasteiger partial charge in [0.05, 0.1) is 6.04 Å². The lowest BCUT2D eigenvalue weighted by atomic mass is 10.0. The van der Waals surface area contributed by atoms with E-state index >= 15 is 0 Å². The predicted molar refractivity (Wildman–Crippen MR) is 123 cm³/mol. The highest BCUT2D eigenvalue weighted by Crippen LogP contribution is 2.20. The Labute approximate surface area is 199 Å². The van der Waals surface area contributed by atoms with Crippen LogP contribution in [0, 0.1) is 5.92 Å². The SMILES string of the molecule is CC(C)CC(NC(=O)C1CCCN1C(=O)C(N)CCC(=O)O)C(=O)NC(CCCCN)C(=O)O. The van der Waals surface area contributed by atoms with Gasteiger partial charge in [-0.05, 0) is 57.4 Å². The number of unbranched alkanes of at least 4 members (excludes halogenated alkanes) is 1. The summed E-state index contributed by atoms with van der Waals surface area (Å²) < 4.78 is 0. The molecule has 1 fully saturated rings. The zero-order valence-corrected chi connectivity index (χ0v) is 20.0. The highest BCUT2D eigenvalue weighted by atomic mass is 16.4. The van der Waals surface area contributed by atoms with E-state index in [1.165, 1.54) is 4.90 Å². The normalized spacial score (nSPS) is 18.3. The molecule has 0 aromatic rings. The van der Waals surface area contributed by atoms with Crippen LogP contribution in [0.15, 0.2) is 0 Å². The maximum absolute atomic E-state index is 13.0. The number of hydrogen-bond acceptors (Lipinski definition) is 7. The van der Waals surface area contributed by atoms with Crippen molar-refractivity contribution in [2.24, 2.45) is 17.4 Å². The van der Waals surface area contributed by atoms with Crippen LogP contribution in [0.25, 0.3) is 0 Å². The van der Waals surface area contributed by atoms with Gasteiger partial charge in [0.1, 0.15) is 18.1 Å². The third-order valence-corrected chi connectivity index (χ3v) is 5.73. The monoisotopic (exact) mass is 485 g/mol. The number of hydrogen-bond donors (Lipinski definition) is 6. The lowest BCUT2D eigenvalue weighted by molar-refractivity contribution is -0.143. The van der Waals surface area contributed by atoms with Gasteiger partial charge in [-0.3, -0.25) is 19.2 Å². The molecule has 0 aromatic heterocycles. The van der Waals surface area contributed by atoms with Crippen molar-refractivity contribution in [2.45, 2.75) is 89.4 Å². The van der Waals surface area contributed by atoms with Crippen molar-refractivity contribution >= 4 is 29.7 Å². The van der Waals surface area contributed by atoms with Crippen molar-refractivity contribution < 1.29 is 34.2 Å². The van der Waals surface area contributed by atoms with E-state index in [4.69, 9.17) is 16.6 Å².